The van der Waals surface area contributed by atoms with E-state index in [-0.39, 0.29) is 49.6 Å². The van der Waals surface area contributed by atoms with Crippen molar-refractivity contribution < 1.29 is 33.7 Å². The smallest absolute Gasteiger partial charge is 0.258 e. The van der Waals surface area contributed by atoms with Gasteiger partial charge >= 0.3 is 0 Å². The van der Waals surface area contributed by atoms with Crippen LogP contribution >= 0.6 is 0 Å². The minimum absolute atomic E-state index is 0.0350. The van der Waals surface area contributed by atoms with Crippen LogP contribution in [0.1, 0.15) is 61.9 Å². The Kier molecular flexibility index (Phi) is 12.0. The lowest BCUT2D eigenvalue weighted by Crippen LogP contribution is -2.49. The van der Waals surface area contributed by atoms with Crippen LogP contribution < -0.4 is 30.6 Å². The molecule has 0 unspecified atom stereocenters. The number of carbonyl (C=O) groups excluding carboxylic acids is 3. The first-order valence-corrected chi connectivity index (χ1v) is 16.8. The van der Waals surface area contributed by atoms with Crippen LogP contribution in [0.5, 0.6) is 17.2 Å². The summed E-state index contributed by atoms with van der Waals surface area (Å²) in [5.41, 5.74) is 8.90. The number of fused-ring (bicyclic) bond motifs is 2. The molecule has 3 aromatic carbocycles. The number of unbranched alkanes of at least 4 members (excludes halogenated alkanes) is 2. The van der Waals surface area contributed by atoms with Crippen molar-refractivity contribution in [3.8, 4) is 17.2 Å². The molecule has 3 aromatic rings. The van der Waals surface area contributed by atoms with Crippen molar-refractivity contribution in [3.05, 3.63) is 71.8 Å². The lowest BCUT2D eigenvalue weighted by Gasteiger charge is -2.38. The summed E-state index contributed by atoms with van der Waals surface area (Å²) in [5, 5.41) is 15.7. The molecule has 49 heavy (non-hydrogen) atoms. The number of ether oxygens (including phenoxy) is 3. The molecular weight excluding hydrogens is 626 g/mol. The predicted molar refractivity (Wildman–Crippen MR) is 188 cm³/mol. The van der Waals surface area contributed by atoms with Crippen molar-refractivity contribution in [2.24, 2.45) is 5.92 Å². The molecule has 3 atom stereocenters. The van der Waals surface area contributed by atoms with Crippen molar-refractivity contribution in [1.82, 2.24) is 9.80 Å². The number of rotatable bonds is 14. The molecule has 262 valence electrons. The number of nitrogen functional groups attached to an aromatic ring is 1. The van der Waals surface area contributed by atoms with Gasteiger partial charge in [-0.3, -0.25) is 19.3 Å². The second kappa shape index (κ2) is 16.5. The van der Waals surface area contributed by atoms with Gasteiger partial charge in [0.15, 0.2) is 11.5 Å². The molecule has 12 nitrogen and oxygen atoms in total. The van der Waals surface area contributed by atoms with E-state index in [2.05, 4.69) is 22.5 Å². The largest absolute Gasteiger partial charge is 0.488 e. The maximum atomic E-state index is 13.8. The molecule has 2 aliphatic rings. The van der Waals surface area contributed by atoms with Gasteiger partial charge < -0.3 is 40.6 Å². The number of hydrogen-bond acceptors (Lipinski definition) is 9. The number of carbonyl (C=O) groups is 3. The zero-order valence-electron chi connectivity index (χ0n) is 28.4. The molecule has 0 aliphatic carbocycles. The van der Waals surface area contributed by atoms with Crippen LogP contribution in [0.15, 0.2) is 60.7 Å². The van der Waals surface area contributed by atoms with Crippen LogP contribution in [0.2, 0.25) is 0 Å². The van der Waals surface area contributed by atoms with Gasteiger partial charge in [-0.15, -0.1) is 0 Å². The number of aliphatic hydroxyl groups excluding tert-OH is 1. The van der Waals surface area contributed by atoms with Gasteiger partial charge in [0.2, 0.25) is 18.6 Å². The summed E-state index contributed by atoms with van der Waals surface area (Å²) in [6, 6.07) is 17.7. The first-order valence-electron chi connectivity index (χ1n) is 16.8. The molecule has 0 fully saturated rings. The minimum atomic E-state index is -0.404. The van der Waals surface area contributed by atoms with Crippen LogP contribution in [0.4, 0.5) is 17.1 Å². The Morgan fingerprint density at radius 2 is 1.69 bits per heavy atom. The summed E-state index contributed by atoms with van der Waals surface area (Å²) in [4.78, 5) is 42.8. The first kappa shape index (κ1) is 35.5. The van der Waals surface area contributed by atoms with Gasteiger partial charge in [0.25, 0.3) is 5.91 Å². The molecule has 0 radical (unpaired) electrons. The number of hydrogen-bond donors (Lipinski definition) is 4. The van der Waals surface area contributed by atoms with Gasteiger partial charge in [0.1, 0.15) is 11.9 Å². The fraction of sp³-hybridized carbons (Fsp3) is 0.432. The molecule has 12 heteroatoms. The van der Waals surface area contributed by atoms with E-state index in [1.165, 1.54) is 0 Å². The number of likely N-dealkylation sites (N-methyl/N-ethyl adjacent to an activating group) is 1. The molecule has 5 rings (SSSR count). The van der Waals surface area contributed by atoms with E-state index in [4.69, 9.17) is 19.9 Å². The quantitative estimate of drug-likeness (QED) is 0.138. The minimum Gasteiger partial charge on any atom is -0.488 e. The highest BCUT2D eigenvalue weighted by atomic mass is 16.7. The third-order valence-corrected chi connectivity index (χ3v) is 8.87. The van der Waals surface area contributed by atoms with E-state index < -0.39 is 6.04 Å². The number of benzene rings is 3. The lowest BCUT2D eigenvalue weighted by atomic mass is 9.99. The molecule has 2 heterocycles. The first-order chi connectivity index (χ1) is 23.6. The number of aliphatic hydroxyl groups is 1. The monoisotopic (exact) mass is 673 g/mol. The summed E-state index contributed by atoms with van der Waals surface area (Å²) in [6.45, 7) is 5.56. The lowest BCUT2D eigenvalue weighted by molar-refractivity contribution is -0.116. The Balaban J connectivity index is 1.18. The summed E-state index contributed by atoms with van der Waals surface area (Å²) in [5.74, 6) is 1.31. The van der Waals surface area contributed by atoms with Crippen LogP contribution in [-0.4, -0.2) is 78.3 Å². The molecular formula is C37H47N5O7. The van der Waals surface area contributed by atoms with E-state index in [1.807, 2.05) is 44.3 Å². The van der Waals surface area contributed by atoms with Gasteiger partial charge in [0, 0.05) is 44.1 Å². The van der Waals surface area contributed by atoms with Gasteiger partial charge in [-0.1, -0.05) is 31.5 Å². The van der Waals surface area contributed by atoms with Gasteiger partial charge in [-0.2, -0.15) is 0 Å². The Morgan fingerprint density at radius 3 is 2.45 bits per heavy atom. The second-order valence-electron chi connectivity index (χ2n) is 13.0. The molecule has 2 aliphatic heterocycles. The average Bonchev–Trinajstić information content (AvgIpc) is 3.55. The van der Waals surface area contributed by atoms with E-state index in [9.17, 15) is 19.5 Å². The molecule has 0 spiro atoms. The average molecular weight is 674 g/mol. The number of nitrogens with one attached hydrogen (secondary N) is 2. The summed E-state index contributed by atoms with van der Waals surface area (Å²) < 4.78 is 17.5. The molecule has 0 saturated heterocycles. The summed E-state index contributed by atoms with van der Waals surface area (Å²) in [6.07, 6.45) is 2.31. The fourth-order valence-electron chi connectivity index (χ4n) is 6.04. The molecule has 0 aromatic heterocycles. The van der Waals surface area contributed by atoms with Crippen LogP contribution in [0.3, 0.4) is 0 Å². The van der Waals surface area contributed by atoms with Crippen molar-refractivity contribution in [3.63, 3.8) is 0 Å². The van der Waals surface area contributed by atoms with E-state index in [1.54, 1.807) is 35.2 Å². The van der Waals surface area contributed by atoms with Crippen molar-refractivity contribution >= 4 is 34.8 Å². The van der Waals surface area contributed by atoms with Gasteiger partial charge in [-0.25, -0.2) is 0 Å². The molecule has 5 N–H and O–H groups in total. The van der Waals surface area contributed by atoms with Crippen molar-refractivity contribution in [2.45, 2.75) is 64.6 Å². The highest BCUT2D eigenvalue weighted by Crippen LogP contribution is 2.34. The number of para-hydroxylation sites is 2. The van der Waals surface area contributed by atoms with E-state index in [0.717, 1.165) is 17.1 Å². The maximum Gasteiger partial charge on any atom is 0.258 e. The van der Waals surface area contributed by atoms with Crippen molar-refractivity contribution in [1.29, 1.82) is 0 Å². The second-order valence-corrected chi connectivity index (χ2v) is 13.0. The topological polar surface area (TPSA) is 156 Å². The van der Waals surface area contributed by atoms with Crippen molar-refractivity contribution in [2.75, 3.05) is 49.9 Å². The molecule has 3 amide bonds. The fourth-order valence-corrected chi connectivity index (χ4v) is 6.04. The maximum absolute atomic E-state index is 13.8. The van der Waals surface area contributed by atoms with Crippen LogP contribution in [0, 0.1) is 5.92 Å². The zero-order valence-corrected chi connectivity index (χ0v) is 28.4. The summed E-state index contributed by atoms with van der Waals surface area (Å²) >= 11 is 0. The molecule has 0 saturated carbocycles. The number of anilines is 3. The normalized spacial score (nSPS) is 17.5. The van der Waals surface area contributed by atoms with E-state index >= 15 is 0 Å². The Morgan fingerprint density at radius 1 is 0.980 bits per heavy atom. The zero-order chi connectivity index (χ0) is 34.9. The Bertz CT molecular complexity index is 1630. The third kappa shape index (κ3) is 9.42. The van der Waals surface area contributed by atoms with Gasteiger partial charge in [-0.05, 0) is 74.8 Å². The number of nitrogens with zero attached hydrogens (tertiary/aromatic N) is 2. The van der Waals surface area contributed by atoms with Gasteiger partial charge in [0.05, 0.1) is 29.6 Å². The standard InChI is InChI=1S/C37H47N5O7/c1-24-19-42(25(2)22-43)37(46)28-18-27(39-35(44)11-5-4-6-12-36(45)40-30-10-8-7-9-29(30)38)14-16-31(28)49-34(24)21-41(3)20-26-13-15-32-33(17-26)48-23-47-32/h7-10,13-18,24-25,34,43H,4-6,11-12,19-23,38H2,1-3H3,(H,39,44)(H,40,45)/t24-,25-,34+/m0/s1. The third-order valence-electron chi connectivity index (χ3n) is 8.87. The summed E-state index contributed by atoms with van der Waals surface area (Å²) in [7, 11) is 2.02. The van der Waals surface area contributed by atoms with Crippen LogP contribution in [0.25, 0.3) is 0 Å². The highest BCUT2D eigenvalue weighted by molar-refractivity contribution is 6.00. The SMILES string of the molecule is C[C@H]1CN([C@@H](C)CO)C(=O)c2cc(NC(=O)CCCCCC(=O)Nc3ccccc3N)ccc2O[C@@H]1CN(C)Cc1ccc2c(c1)OCO2. The highest BCUT2D eigenvalue weighted by Gasteiger charge is 2.33. The Labute approximate surface area is 287 Å². The molecule has 0 bridgehead atoms. The number of amides is 3. The number of nitrogens with two attached hydrogens (primary N) is 1. The Hall–Kier alpha value is -4.81. The predicted octanol–water partition coefficient (Wildman–Crippen LogP) is 4.88. The van der Waals surface area contributed by atoms with E-state index in [0.29, 0.717) is 73.7 Å². The van der Waals surface area contributed by atoms with Crippen LogP contribution in [-0.2, 0) is 16.1 Å².